The van der Waals surface area contributed by atoms with Crippen LogP contribution in [0.1, 0.15) is 27.7 Å². The number of ether oxygens (including phenoxy) is 1. The molecule has 0 fully saturated rings. The van der Waals surface area contributed by atoms with Gasteiger partial charge in [0.1, 0.15) is 5.75 Å². The van der Waals surface area contributed by atoms with E-state index in [-0.39, 0.29) is 22.5 Å². The van der Waals surface area contributed by atoms with Crippen LogP contribution < -0.4 is 15.5 Å². The summed E-state index contributed by atoms with van der Waals surface area (Å²) in [6.45, 7) is 0. The van der Waals surface area contributed by atoms with Crippen LogP contribution in [0.15, 0.2) is 77.8 Å². The first-order chi connectivity index (χ1) is 18.6. The van der Waals surface area contributed by atoms with E-state index in [1.165, 1.54) is 6.07 Å². The number of anilines is 1. The van der Waals surface area contributed by atoms with Gasteiger partial charge in [0.25, 0.3) is 0 Å². The molecule has 0 aliphatic heterocycles. The molecule has 3 rings (SSSR count). The fraction of sp³-hybridized carbons (Fsp3) is 0.125. The molecule has 12 heteroatoms. The van der Waals surface area contributed by atoms with Gasteiger partial charge in [-0.15, -0.1) is 13.2 Å². The van der Waals surface area contributed by atoms with Crippen molar-refractivity contribution >= 4 is 17.4 Å². The molecule has 36 heavy (non-hydrogen) atoms. The molecule has 0 bridgehead atoms. The molecule has 0 saturated heterocycles. The van der Waals surface area contributed by atoms with Crippen molar-refractivity contribution in [3.05, 3.63) is 95.0 Å². The molecular formula is C24H16F6N4O2. The molecule has 0 saturated carbocycles. The number of hydrogen-bond acceptors (Lipinski definition) is 4. The van der Waals surface area contributed by atoms with Gasteiger partial charge in [0.2, 0.25) is 0 Å². The van der Waals surface area contributed by atoms with Gasteiger partial charge < -0.3 is 10.1 Å². The summed E-state index contributed by atoms with van der Waals surface area (Å²) >= 11 is 0. The summed E-state index contributed by atoms with van der Waals surface area (Å²) < 4.78 is 113. The van der Waals surface area contributed by atoms with E-state index in [1.807, 2.05) is 5.43 Å². The normalized spacial score (nSPS) is 13.5. The Bertz CT molecular complexity index is 1470. The molecule has 3 aromatic rings. The molecule has 0 spiro atoms. The standard InChI is InChI=1S/C24H16F6N4O2/c25-23(26,27)18-3-1-2-17(13-18)21(12-15-4-6-16(14-31)7-5-15)33-34-22(35)32-19-8-10-20(11-9-19)36-24(28,29)30/h1-11,13H,12H2,(H2,32,34,35)/b33-21-/i4D,5D,6D,7D. The second kappa shape index (κ2) is 10.8. The predicted molar refractivity (Wildman–Crippen MR) is 118 cm³/mol. The van der Waals surface area contributed by atoms with Crippen molar-refractivity contribution in [2.45, 2.75) is 19.0 Å². The summed E-state index contributed by atoms with van der Waals surface area (Å²) in [7, 11) is 0. The van der Waals surface area contributed by atoms with Crippen molar-refractivity contribution in [3.63, 3.8) is 0 Å². The summed E-state index contributed by atoms with van der Waals surface area (Å²) in [5.41, 5.74) is -0.322. The van der Waals surface area contributed by atoms with Gasteiger partial charge in [0.05, 0.1) is 28.4 Å². The summed E-state index contributed by atoms with van der Waals surface area (Å²) in [4.78, 5) is 12.4. The molecular weight excluding hydrogens is 490 g/mol. The number of carbonyl (C=O) groups is 1. The van der Waals surface area contributed by atoms with E-state index in [9.17, 15) is 31.1 Å². The largest absolute Gasteiger partial charge is 0.573 e. The van der Waals surface area contributed by atoms with Crippen molar-refractivity contribution in [1.29, 1.82) is 5.26 Å². The second-order valence-electron chi connectivity index (χ2n) is 6.92. The lowest BCUT2D eigenvalue weighted by Gasteiger charge is -2.12. The number of nitriles is 1. The number of benzene rings is 3. The Labute approximate surface area is 206 Å². The van der Waals surface area contributed by atoms with Crippen LogP contribution >= 0.6 is 0 Å². The lowest BCUT2D eigenvalue weighted by atomic mass is 9.99. The minimum absolute atomic E-state index is 0.00882. The molecule has 0 aliphatic carbocycles. The third-order valence-electron chi connectivity index (χ3n) is 4.29. The van der Waals surface area contributed by atoms with Crippen LogP contribution in [0, 0.1) is 11.3 Å². The zero-order valence-corrected chi connectivity index (χ0v) is 17.8. The molecule has 3 aromatic carbocycles. The molecule has 0 heterocycles. The number of nitrogens with one attached hydrogen (secondary N) is 2. The minimum Gasteiger partial charge on any atom is -0.406 e. The maximum absolute atomic E-state index is 13.3. The topological polar surface area (TPSA) is 86.5 Å². The van der Waals surface area contributed by atoms with Crippen LogP contribution in [0.5, 0.6) is 5.75 Å². The fourth-order valence-electron chi connectivity index (χ4n) is 2.75. The Morgan fingerprint density at radius 1 is 1.03 bits per heavy atom. The fourth-order valence-corrected chi connectivity index (χ4v) is 2.75. The van der Waals surface area contributed by atoms with E-state index in [1.54, 1.807) is 6.07 Å². The van der Waals surface area contributed by atoms with Gasteiger partial charge in [-0.2, -0.15) is 23.5 Å². The number of halogens is 6. The molecule has 0 aromatic heterocycles. The van der Waals surface area contributed by atoms with Crippen LogP contribution in [0.25, 0.3) is 0 Å². The number of carbonyl (C=O) groups excluding carboxylic acids is 1. The Balaban J connectivity index is 1.94. The Kier molecular flexibility index (Phi) is 6.25. The average Bonchev–Trinajstić information content (AvgIpc) is 2.87. The molecule has 186 valence electrons. The number of nitrogens with zero attached hydrogens (tertiary/aromatic N) is 2. The third-order valence-corrected chi connectivity index (χ3v) is 4.29. The molecule has 6 nitrogen and oxygen atoms in total. The van der Waals surface area contributed by atoms with Crippen LogP contribution in [-0.2, 0) is 12.6 Å². The van der Waals surface area contributed by atoms with Crippen molar-refractivity contribution < 1.29 is 41.4 Å². The SMILES string of the molecule is [2H]c1c([2H])c(C/C(=N/NC(=O)Nc2ccc(OC(F)(F)F)cc2)c2cccc(C(F)(F)F)c2)c([2H])c([2H])c1C#N. The zero-order chi connectivity index (χ0) is 29.8. The van der Waals surface area contributed by atoms with E-state index in [0.717, 1.165) is 36.4 Å². The Morgan fingerprint density at radius 2 is 1.69 bits per heavy atom. The summed E-state index contributed by atoms with van der Waals surface area (Å²) in [5.74, 6) is -0.550. The van der Waals surface area contributed by atoms with Crippen LogP contribution in [0.4, 0.5) is 36.8 Å². The monoisotopic (exact) mass is 510 g/mol. The van der Waals surface area contributed by atoms with E-state index >= 15 is 0 Å². The molecule has 0 aliphatic rings. The quantitative estimate of drug-likeness (QED) is 0.234. The van der Waals surface area contributed by atoms with E-state index in [4.69, 9.17) is 10.7 Å². The maximum Gasteiger partial charge on any atom is 0.573 e. The van der Waals surface area contributed by atoms with Crippen LogP contribution in [-0.4, -0.2) is 18.1 Å². The lowest BCUT2D eigenvalue weighted by molar-refractivity contribution is -0.274. The highest BCUT2D eigenvalue weighted by Crippen LogP contribution is 2.30. The second-order valence-corrected chi connectivity index (χ2v) is 6.92. The predicted octanol–water partition coefficient (Wildman–Crippen LogP) is 6.24. The number of hydrogen-bond donors (Lipinski definition) is 2. The first kappa shape index (κ1) is 20.8. The van der Waals surface area contributed by atoms with Gasteiger partial charge in [0, 0.05) is 12.1 Å². The smallest absolute Gasteiger partial charge is 0.406 e. The highest BCUT2D eigenvalue weighted by atomic mass is 19.4. The van der Waals surface area contributed by atoms with Gasteiger partial charge >= 0.3 is 18.6 Å². The highest BCUT2D eigenvalue weighted by Gasteiger charge is 2.31. The van der Waals surface area contributed by atoms with Crippen LogP contribution in [0.3, 0.4) is 0 Å². The first-order valence-corrected chi connectivity index (χ1v) is 9.77. The lowest BCUT2D eigenvalue weighted by Crippen LogP contribution is -2.26. The number of hydrazone groups is 1. The number of amides is 2. The number of rotatable bonds is 6. The summed E-state index contributed by atoms with van der Waals surface area (Å²) in [6, 6.07) is 5.72. The van der Waals surface area contributed by atoms with Crippen molar-refractivity contribution in [2.75, 3.05) is 5.32 Å². The molecule has 0 radical (unpaired) electrons. The van der Waals surface area contributed by atoms with Crippen molar-refractivity contribution in [1.82, 2.24) is 5.43 Å². The molecule has 0 atom stereocenters. The minimum atomic E-state index is -4.92. The van der Waals surface area contributed by atoms with Crippen molar-refractivity contribution in [3.8, 4) is 11.8 Å². The van der Waals surface area contributed by atoms with E-state index in [2.05, 4.69) is 15.2 Å². The van der Waals surface area contributed by atoms with E-state index in [0.29, 0.717) is 6.07 Å². The maximum atomic E-state index is 13.3. The van der Waals surface area contributed by atoms with Gasteiger partial charge in [-0.1, -0.05) is 24.2 Å². The van der Waals surface area contributed by atoms with Gasteiger partial charge in [-0.25, -0.2) is 10.2 Å². The Morgan fingerprint density at radius 3 is 2.28 bits per heavy atom. The zero-order valence-electron chi connectivity index (χ0n) is 21.8. The third kappa shape index (κ3) is 7.76. The van der Waals surface area contributed by atoms with E-state index < -0.39 is 66.0 Å². The van der Waals surface area contributed by atoms with Gasteiger partial charge in [-0.3, -0.25) is 0 Å². The first-order valence-electron chi connectivity index (χ1n) is 11.8. The highest BCUT2D eigenvalue weighted by molar-refractivity contribution is 6.03. The van der Waals surface area contributed by atoms with Crippen molar-refractivity contribution in [2.24, 2.45) is 5.10 Å². The van der Waals surface area contributed by atoms with Gasteiger partial charge in [0.15, 0.2) is 0 Å². The summed E-state index contributed by atoms with van der Waals surface area (Å²) in [6.07, 6.45) is -10.2. The molecule has 2 N–H and O–H groups in total. The molecule has 0 unspecified atom stereocenters. The Hall–Kier alpha value is -4.53. The molecule has 2 amide bonds. The van der Waals surface area contributed by atoms with Crippen LogP contribution in [0.2, 0.25) is 0 Å². The number of alkyl halides is 6. The summed E-state index contributed by atoms with van der Waals surface area (Å²) in [5, 5.41) is 15.2. The van der Waals surface area contributed by atoms with Gasteiger partial charge in [-0.05, 0) is 59.6 Å². The number of urea groups is 1. The average molecular weight is 510 g/mol.